The molecule has 5 heteroatoms. The summed E-state index contributed by atoms with van der Waals surface area (Å²) in [5, 5.41) is 4.57. The Kier molecular flexibility index (Phi) is 4.42. The Morgan fingerprint density at radius 2 is 1.97 bits per heavy atom. The minimum absolute atomic E-state index is 0.112. The van der Waals surface area contributed by atoms with Gasteiger partial charge in [0.15, 0.2) is 5.78 Å². The number of fused-ring (bicyclic) bond motifs is 2. The van der Waals surface area contributed by atoms with Gasteiger partial charge in [0.1, 0.15) is 11.5 Å². The fraction of sp³-hybridized carbons (Fsp3) is 0.320. The van der Waals surface area contributed by atoms with Crippen LogP contribution in [0.2, 0.25) is 0 Å². The fourth-order valence-corrected chi connectivity index (χ4v) is 4.99. The standard InChI is InChI=1S/C25H24FN3O/c1-16-3-5-19-11-23-18(15-28-29(23)21-8-6-20(26)7-9-21)13-25(19,12-16)24(30)22-10-4-17(2)14-27-22/h4,6-11,14-16H,3,5,12-13H2,1-2H3/t16-,25+/m0/s1. The Bertz CT molecular complexity index is 1140. The minimum Gasteiger partial charge on any atom is -0.291 e. The van der Waals surface area contributed by atoms with Crippen LogP contribution < -0.4 is 0 Å². The lowest BCUT2D eigenvalue weighted by atomic mass is 9.59. The van der Waals surface area contributed by atoms with E-state index < -0.39 is 5.41 Å². The van der Waals surface area contributed by atoms with Gasteiger partial charge in [-0.2, -0.15) is 5.10 Å². The maximum Gasteiger partial charge on any atom is 0.191 e. The quantitative estimate of drug-likeness (QED) is 0.556. The van der Waals surface area contributed by atoms with Gasteiger partial charge in [0.2, 0.25) is 0 Å². The lowest BCUT2D eigenvalue weighted by molar-refractivity contribution is 0.0762. The van der Waals surface area contributed by atoms with Crippen LogP contribution in [-0.2, 0) is 6.42 Å². The molecule has 0 bridgehead atoms. The van der Waals surface area contributed by atoms with Gasteiger partial charge in [0.05, 0.1) is 23.0 Å². The normalized spacial score (nSPS) is 22.8. The largest absolute Gasteiger partial charge is 0.291 e. The molecule has 2 aliphatic carbocycles. The lowest BCUT2D eigenvalue weighted by Gasteiger charge is -2.43. The summed E-state index contributed by atoms with van der Waals surface area (Å²) in [4.78, 5) is 18.2. The number of aromatic nitrogens is 3. The summed E-state index contributed by atoms with van der Waals surface area (Å²) >= 11 is 0. The van der Waals surface area contributed by atoms with Crippen LogP contribution in [0.25, 0.3) is 11.8 Å². The molecule has 1 fully saturated rings. The van der Waals surface area contributed by atoms with E-state index in [-0.39, 0.29) is 11.6 Å². The summed E-state index contributed by atoms with van der Waals surface area (Å²) in [5.41, 5.74) is 5.06. The maximum atomic E-state index is 13.8. The van der Waals surface area contributed by atoms with Crippen molar-refractivity contribution < 1.29 is 9.18 Å². The number of halogens is 1. The van der Waals surface area contributed by atoms with E-state index in [1.165, 1.54) is 17.7 Å². The number of aryl methyl sites for hydroxylation is 1. The smallest absolute Gasteiger partial charge is 0.191 e. The first-order chi connectivity index (χ1) is 14.5. The van der Waals surface area contributed by atoms with Crippen LogP contribution in [0.3, 0.4) is 0 Å². The zero-order chi connectivity index (χ0) is 20.9. The van der Waals surface area contributed by atoms with Gasteiger partial charge in [-0.25, -0.2) is 9.07 Å². The number of carbonyl (C=O) groups excluding carboxylic acids is 1. The molecular weight excluding hydrogens is 377 g/mol. The first kappa shape index (κ1) is 18.9. The van der Waals surface area contributed by atoms with Gasteiger partial charge in [-0.05, 0) is 86.1 Å². The molecule has 2 aromatic heterocycles. The zero-order valence-corrected chi connectivity index (χ0v) is 17.2. The van der Waals surface area contributed by atoms with E-state index in [0.29, 0.717) is 18.0 Å². The molecular formula is C25H24FN3O. The molecule has 4 nitrogen and oxygen atoms in total. The first-order valence-corrected chi connectivity index (χ1v) is 10.5. The third kappa shape index (κ3) is 3.00. The molecule has 0 saturated heterocycles. The van der Waals surface area contributed by atoms with Gasteiger partial charge in [-0.15, -0.1) is 0 Å². The topological polar surface area (TPSA) is 47.8 Å². The number of allylic oxidation sites excluding steroid dienone is 1. The van der Waals surface area contributed by atoms with Gasteiger partial charge in [-0.1, -0.05) is 18.6 Å². The highest BCUT2D eigenvalue weighted by atomic mass is 19.1. The lowest BCUT2D eigenvalue weighted by Crippen LogP contribution is -2.42. The zero-order valence-electron chi connectivity index (χ0n) is 17.2. The summed E-state index contributed by atoms with van der Waals surface area (Å²) < 4.78 is 15.2. The van der Waals surface area contributed by atoms with E-state index in [1.54, 1.807) is 18.3 Å². The Hall–Kier alpha value is -3.08. The summed E-state index contributed by atoms with van der Waals surface area (Å²) in [6.45, 7) is 4.20. The number of carbonyl (C=O) groups is 1. The van der Waals surface area contributed by atoms with Crippen molar-refractivity contribution in [3.8, 4) is 5.69 Å². The minimum atomic E-state index is -0.552. The van der Waals surface area contributed by atoms with Crippen LogP contribution in [0.5, 0.6) is 0 Å². The van der Waals surface area contributed by atoms with Gasteiger partial charge in [-0.3, -0.25) is 9.78 Å². The molecule has 2 aliphatic rings. The van der Waals surface area contributed by atoms with Crippen molar-refractivity contribution in [3.05, 3.63) is 82.7 Å². The monoisotopic (exact) mass is 401 g/mol. The molecule has 0 radical (unpaired) electrons. The van der Waals surface area contributed by atoms with Gasteiger partial charge < -0.3 is 0 Å². The molecule has 5 rings (SSSR count). The number of hydrogen-bond donors (Lipinski definition) is 0. The van der Waals surface area contributed by atoms with E-state index in [2.05, 4.69) is 23.1 Å². The Morgan fingerprint density at radius 3 is 2.70 bits per heavy atom. The van der Waals surface area contributed by atoms with Crippen LogP contribution >= 0.6 is 0 Å². The second kappa shape index (κ2) is 7.01. The third-order valence-electron chi connectivity index (χ3n) is 6.56. The number of ketones is 1. The third-order valence-corrected chi connectivity index (χ3v) is 6.56. The van der Waals surface area contributed by atoms with Crippen molar-refractivity contribution in [1.82, 2.24) is 14.8 Å². The highest BCUT2D eigenvalue weighted by molar-refractivity contribution is 6.02. The predicted octanol–water partition coefficient (Wildman–Crippen LogP) is 5.34. The Morgan fingerprint density at radius 1 is 1.17 bits per heavy atom. The molecule has 30 heavy (non-hydrogen) atoms. The number of pyridine rings is 1. The molecule has 152 valence electrons. The molecule has 1 aromatic carbocycles. The van der Waals surface area contributed by atoms with Crippen molar-refractivity contribution in [3.63, 3.8) is 0 Å². The SMILES string of the molecule is Cc1ccc(C(=O)[C@]23Cc4cnn(-c5ccc(F)cc5)c4C=C2CC[C@H](C)C3)nc1. The Labute approximate surface area is 175 Å². The van der Waals surface area contributed by atoms with Crippen molar-refractivity contribution in [2.75, 3.05) is 0 Å². The summed E-state index contributed by atoms with van der Waals surface area (Å²) in [6, 6.07) is 10.1. The van der Waals surface area contributed by atoms with Crippen LogP contribution in [-0.4, -0.2) is 20.5 Å². The number of hydrogen-bond acceptors (Lipinski definition) is 3. The fourth-order valence-electron chi connectivity index (χ4n) is 4.99. The number of benzene rings is 1. The van der Waals surface area contributed by atoms with E-state index >= 15 is 0 Å². The molecule has 0 unspecified atom stereocenters. The van der Waals surface area contributed by atoms with E-state index in [1.807, 2.05) is 29.9 Å². The van der Waals surface area contributed by atoms with Crippen molar-refractivity contribution in [2.24, 2.45) is 11.3 Å². The number of nitrogens with zero attached hydrogens (tertiary/aromatic N) is 3. The summed E-state index contributed by atoms with van der Waals surface area (Å²) in [7, 11) is 0. The average molecular weight is 401 g/mol. The maximum absolute atomic E-state index is 13.8. The molecule has 3 aromatic rings. The molecule has 0 N–H and O–H groups in total. The van der Waals surface area contributed by atoms with Gasteiger partial charge >= 0.3 is 0 Å². The number of rotatable bonds is 3. The molecule has 2 atom stereocenters. The first-order valence-electron chi connectivity index (χ1n) is 10.5. The number of Topliss-reactive ketones (excluding diaryl/α,β-unsaturated/α-hetero) is 1. The summed E-state index contributed by atoms with van der Waals surface area (Å²) in [6.07, 6.45) is 9.19. The van der Waals surface area contributed by atoms with Gasteiger partial charge in [0, 0.05) is 6.20 Å². The molecule has 0 amide bonds. The van der Waals surface area contributed by atoms with Crippen LogP contribution in [0, 0.1) is 24.1 Å². The summed E-state index contributed by atoms with van der Waals surface area (Å²) in [5.74, 6) is 0.320. The second-order valence-electron chi connectivity index (χ2n) is 8.77. The van der Waals surface area contributed by atoms with Crippen LogP contribution in [0.15, 0.2) is 54.4 Å². The van der Waals surface area contributed by atoms with E-state index in [0.717, 1.165) is 41.8 Å². The van der Waals surface area contributed by atoms with Gasteiger partial charge in [0.25, 0.3) is 0 Å². The second-order valence-corrected chi connectivity index (χ2v) is 8.77. The molecule has 2 heterocycles. The highest BCUT2D eigenvalue weighted by Gasteiger charge is 2.48. The van der Waals surface area contributed by atoms with Crippen molar-refractivity contribution >= 4 is 11.9 Å². The molecule has 0 aliphatic heterocycles. The average Bonchev–Trinajstić information content (AvgIpc) is 3.15. The Balaban J connectivity index is 1.60. The van der Waals surface area contributed by atoms with E-state index in [9.17, 15) is 9.18 Å². The molecule has 0 spiro atoms. The van der Waals surface area contributed by atoms with Crippen LogP contribution in [0.4, 0.5) is 4.39 Å². The van der Waals surface area contributed by atoms with Crippen LogP contribution in [0.1, 0.15) is 53.5 Å². The van der Waals surface area contributed by atoms with Crippen molar-refractivity contribution in [2.45, 2.75) is 39.5 Å². The highest BCUT2D eigenvalue weighted by Crippen LogP contribution is 2.51. The predicted molar refractivity (Wildman–Crippen MR) is 114 cm³/mol. The molecule has 1 saturated carbocycles. The van der Waals surface area contributed by atoms with Crippen molar-refractivity contribution in [1.29, 1.82) is 0 Å². The van der Waals surface area contributed by atoms with E-state index in [4.69, 9.17) is 0 Å².